The molecule has 21 heavy (non-hydrogen) atoms. The lowest BCUT2D eigenvalue weighted by Gasteiger charge is -2.10. The van der Waals surface area contributed by atoms with Gasteiger partial charge in [-0.1, -0.05) is 35.0 Å². The number of aromatic nitrogens is 5. The third-order valence-electron chi connectivity index (χ3n) is 2.95. The number of nitrogens with zero attached hydrogens (tertiary/aromatic N) is 5. The Kier molecular flexibility index (Phi) is 3.79. The molecule has 0 amide bonds. The molecule has 3 rings (SSSR count). The van der Waals surface area contributed by atoms with Gasteiger partial charge in [-0.15, -0.1) is 5.10 Å². The third-order valence-corrected chi connectivity index (χ3v) is 3.13. The number of para-hydroxylation sites is 1. The average molecular weight is 301 g/mol. The van der Waals surface area contributed by atoms with Gasteiger partial charge in [-0.05, 0) is 19.1 Å². The van der Waals surface area contributed by atoms with E-state index < -0.39 is 0 Å². The van der Waals surface area contributed by atoms with Crippen molar-refractivity contribution >= 4 is 17.4 Å². The number of nitrogens with one attached hydrogen (secondary N) is 1. The van der Waals surface area contributed by atoms with Gasteiger partial charge in [-0.25, -0.2) is 9.67 Å². The fourth-order valence-corrected chi connectivity index (χ4v) is 2.04. The number of hydrogen-bond acceptors (Lipinski definition) is 5. The topological polar surface area (TPSA) is 68.5 Å². The van der Waals surface area contributed by atoms with Crippen molar-refractivity contribution in [3.05, 3.63) is 59.8 Å². The lowest BCUT2D eigenvalue weighted by molar-refractivity contribution is 0.779. The Bertz CT molecular complexity index is 727. The summed E-state index contributed by atoms with van der Waals surface area (Å²) in [5.41, 5.74) is 1.77. The van der Waals surface area contributed by atoms with Gasteiger partial charge in [0, 0.05) is 0 Å². The van der Waals surface area contributed by atoms with E-state index in [-0.39, 0.29) is 6.04 Å². The number of rotatable bonds is 4. The van der Waals surface area contributed by atoms with Gasteiger partial charge < -0.3 is 5.32 Å². The van der Waals surface area contributed by atoms with Crippen molar-refractivity contribution in [2.45, 2.75) is 13.0 Å². The van der Waals surface area contributed by atoms with Crippen LogP contribution in [0.15, 0.2) is 48.9 Å². The van der Waals surface area contributed by atoms with E-state index in [0.29, 0.717) is 11.0 Å². The maximum Gasteiger partial charge on any atom is 0.149 e. The highest BCUT2D eigenvalue weighted by atomic mass is 35.5. The van der Waals surface area contributed by atoms with E-state index in [9.17, 15) is 0 Å². The summed E-state index contributed by atoms with van der Waals surface area (Å²) < 4.78 is 1.73. The largest absolute Gasteiger partial charge is 0.361 e. The summed E-state index contributed by atoms with van der Waals surface area (Å²) >= 11 is 5.81. The number of halogens is 1. The van der Waals surface area contributed by atoms with E-state index in [2.05, 4.69) is 25.6 Å². The van der Waals surface area contributed by atoms with Crippen LogP contribution in [0.3, 0.4) is 0 Å². The van der Waals surface area contributed by atoms with Crippen LogP contribution in [0.4, 0.5) is 5.82 Å². The minimum Gasteiger partial charge on any atom is -0.361 e. The van der Waals surface area contributed by atoms with Crippen LogP contribution >= 0.6 is 11.6 Å². The molecule has 106 valence electrons. The number of benzene rings is 1. The molecule has 1 atom stereocenters. The lowest BCUT2D eigenvalue weighted by Crippen LogP contribution is -2.08. The minimum absolute atomic E-state index is 0.0600. The zero-order valence-corrected chi connectivity index (χ0v) is 12.1. The van der Waals surface area contributed by atoms with Crippen LogP contribution < -0.4 is 5.32 Å². The first-order valence-electron chi connectivity index (χ1n) is 6.44. The summed E-state index contributed by atoms with van der Waals surface area (Å²) in [6, 6.07) is 9.76. The molecule has 0 saturated heterocycles. The Morgan fingerprint density at radius 1 is 1.19 bits per heavy atom. The highest BCUT2D eigenvalue weighted by Crippen LogP contribution is 2.17. The van der Waals surface area contributed by atoms with Crippen molar-refractivity contribution in [3.8, 4) is 5.69 Å². The molecule has 0 saturated carbocycles. The van der Waals surface area contributed by atoms with Crippen LogP contribution in [-0.2, 0) is 0 Å². The summed E-state index contributed by atoms with van der Waals surface area (Å²) in [4.78, 5) is 8.13. The van der Waals surface area contributed by atoms with Crippen LogP contribution in [0, 0.1) is 0 Å². The van der Waals surface area contributed by atoms with E-state index in [1.54, 1.807) is 10.9 Å². The van der Waals surface area contributed by atoms with E-state index >= 15 is 0 Å². The first-order valence-corrected chi connectivity index (χ1v) is 6.82. The Labute approximate surface area is 126 Å². The SMILES string of the molecule is CC(Nc1cncc(Cl)n1)c1cn(-c2ccccc2)nn1. The quantitative estimate of drug-likeness (QED) is 0.802. The second-order valence-electron chi connectivity index (χ2n) is 4.52. The Balaban J connectivity index is 1.77. The van der Waals surface area contributed by atoms with E-state index in [0.717, 1.165) is 11.4 Å². The monoisotopic (exact) mass is 300 g/mol. The fourth-order valence-electron chi connectivity index (χ4n) is 1.89. The van der Waals surface area contributed by atoms with Gasteiger partial charge in [0.25, 0.3) is 0 Å². The Morgan fingerprint density at radius 3 is 2.76 bits per heavy atom. The summed E-state index contributed by atoms with van der Waals surface area (Å²) in [5, 5.41) is 11.8. The van der Waals surface area contributed by atoms with Crippen molar-refractivity contribution in [3.63, 3.8) is 0 Å². The summed E-state index contributed by atoms with van der Waals surface area (Å²) in [6.07, 6.45) is 4.98. The molecule has 1 N–H and O–H groups in total. The maximum atomic E-state index is 5.81. The molecule has 0 bridgehead atoms. The van der Waals surface area contributed by atoms with Crippen molar-refractivity contribution in [2.75, 3.05) is 5.32 Å². The molecule has 0 aliphatic heterocycles. The third kappa shape index (κ3) is 3.17. The Hall–Kier alpha value is -2.47. The molecule has 6 nitrogen and oxygen atoms in total. The maximum absolute atomic E-state index is 5.81. The minimum atomic E-state index is -0.0600. The Morgan fingerprint density at radius 2 is 2.00 bits per heavy atom. The van der Waals surface area contributed by atoms with Gasteiger partial charge in [0.2, 0.25) is 0 Å². The molecule has 2 aromatic heterocycles. The molecular weight excluding hydrogens is 288 g/mol. The van der Waals surface area contributed by atoms with E-state index in [4.69, 9.17) is 11.6 Å². The highest BCUT2D eigenvalue weighted by Gasteiger charge is 2.11. The molecule has 0 radical (unpaired) electrons. The normalized spacial score (nSPS) is 12.1. The lowest BCUT2D eigenvalue weighted by atomic mass is 10.2. The highest BCUT2D eigenvalue weighted by molar-refractivity contribution is 6.29. The van der Waals surface area contributed by atoms with Gasteiger partial charge in [-0.3, -0.25) is 4.98 Å². The van der Waals surface area contributed by atoms with Crippen molar-refractivity contribution in [1.29, 1.82) is 0 Å². The van der Waals surface area contributed by atoms with E-state index in [1.165, 1.54) is 6.20 Å². The number of anilines is 1. The van der Waals surface area contributed by atoms with Crippen molar-refractivity contribution in [2.24, 2.45) is 0 Å². The first-order chi connectivity index (χ1) is 10.2. The molecule has 1 aromatic carbocycles. The molecule has 7 heteroatoms. The zero-order valence-electron chi connectivity index (χ0n) is 11.3. The summed E-state index contributed by atoms with van der Waals surface area (Å²) in [5.74, 6) is 0.601. The zero-order chi connectivity index (χ0) is 14.7. The van der Waals surface area contributed by atoms with Crippen LogP contribution in [0.25, 0.3) is 5.69 Å². The molecule has 0 aliphatic rings. The molecule has 0 aliphatic carbocycles. The standard InChI is InChI=1S/C14H13ClN6/c1-10(17-14-8-16-7-13(15)18-14)12-9-21(20-19-12)11-5-3-2-4-6-11/h2-10H,1H3,(H,17,18). The van der Waals surface area contributed by atoms with Gasteiger partial charge in [0.15, 0.2) is 0 Å². The summed E-state index contributed by atoms with van der Waals surface area (Å²) in [7, 11) is 0. The van der Waals surface area contributed by atoms with Crippen LogP contribution in [0.2, 0.25) is 5.15 Å². The molecular formula is C14H13ClN6. The van der Waals surface area contributed by atoms with Crippen LogP contribution in [0.1, 0.15) is 18.7 Å². The molecule has 3 aromatic rings. The second kappa shape index (κ2) is 5.88. The predicted molar refractivity (Wildman–Crippen MR) is 80.4 cm³/mol. The van der Waals surface area contributed by atoms with Gasteiger partial charge >= 0.3 is 0 Å². The first kappa shape index (κ1) is 13.5. The van der Waals surface area contributed by atoms with Crippen LogP contribution in [0.5, 0.6) is 0 Å². The molecule has 2 heterocycles. The average Bonchev–Trinajstić information content (AvgIpc) is 2.98. The molecule has 1 unspecified atom stereocenters. The molecule has 0 fully saturated rings. The summed E-state index contributed by atoms with van der Waals surface area (Å²) in [6.45, 7) is 1.97. The predicted octanol–water partition coefficient (Wildman–Crippen LogP) is 2.88. The van der Waals surface area contributed by atoms with Crippen molar-refractivity contribution in [1.82, 2.24) is 25.0 Å². The fraction of sp³-hybridized carbons (Fsp3) is 0.143. The smallest absolute Gasteiger partial charge is 0.149 e. The number of hydrogen-bond donors (Lipinski definition) is 1. The van der Waals surface area contributed by atoms with Crippen molar-refractivity contribution < 1.29 is 0 Å². The van der Waals surface area contributed by atoms with Gasteiger partial charge in [0.05, 0.1) is 30.3 Å². The second-order valence-corrected chi connectivity index (χ2v) is 4.90. The molecule has 0 spiro atoms. The van der Waals surface area contributed by atoms with Gasteiger partial charge in [0.1, 0.15) is 16.7 Å². The van der Waals surface area contributed by atoms with Gasteiger partial charge in [-0.2, -0.15) is 0 Å². The van der Waals surface area contributed by atoms with Crippen LogP contribution in [-0.4, -0.2) is 25.0 Å². The van der Waals surface area contributed by atoms with E-state index in [1.807, 2.05) is 43.5 Å².